The van der Waals surface area contributed by atoms with Crippen molar-refractivity contribution in [2.45, 2.75) is 12.8 Å². The number of benzene rings is 1. The summed E-state index contributed by atoms with van der Waals surface area (Å²) in [6.07, 6.45) is 3.62. The number of rotatable bonds is 6. The molecule has 0 atom stereocenters. The van der Waals surface area contributed by atoms with Gasteiger partial charge in [0.1, 0.15) is 0 Å². The van der Waals surface area contributed by atoms with Gasteiger partial charge in [0.25, 0.3) is 0 Å². The van der Waals surface area contributed by atoms with Gasteiger partial charge < -0.3 is 14.2 Å². The van der Waals surface area contributed by atoms with Crippen molar-refractivity contribution in [3.63, 3.8) is 0 Å². The Morgan fingerprint density at radius 2 is 1.71 bits per heavy atom. The Balaban J connectivity index is 3.31. The smallest absolute Gasteiger partial charge is 0.204 e. The van der Waals surface area contributed by atoms with Crippen LogP contribution in [-0.4, -0.2) is 21.3 Å². The predicted molar refractivity (Wildman–Crippen MR) is 72.3 cm³/mol. The average Bonchev–Trinajstić information content (AvgIpc) is 2.35. The van der Waals surface area contributed by atoms with Crippen molar-refractivity contribution in [1.82, 2.24) is 0 Å². The molecule has 0 spiro atoms. The lowest BCUT2D eigenvalue weighted by Crippen LogP contribution is -2.00. The summed E-state index contributed by atoms with van der Waals surface area (Å²) < 4.78 is 16.9. The van der Waals surface area contributed by atoms with Gasteiger partial charge in [0.2, 0.25) is 5.75 Å². The normalized spacial score (nSPS) is 9.88. The zero-order valence-corrected chi connectivity index (χ0v) is 12.0. The number of allylic oxidation sites excluding steroid dienone is 1. The lowest BCUT2D eigenvalue weighted by Gasteiger charge is -2.17. The monoisotopic (exact) mass is 300 g/mol. The molecule has 0 heterocycles. The quantitative estimate of drug-likeness (QED) is 0.752. The molecule has 17 heavy (non-hydrogen) atoms. The predicted octanol–water partition coefficient (Wildman–Crippen LogP) is 3.59. The summed E-state index contributed by atoms with van der Waals surface area (Å²) in [6, 6.07) is 1.99. The fourth-order valence-corrected chi connectivity index (χ4v) is 2.30. The van der Waals surface area contributed by atoms with Gasteiger partial charge in [-0.3, -0.25) is 0 Å². The molecule has 3 nitrogen and oxygen atoms in total. The largest absolute Gasteiger partial charge is 0.492 e. The minimum Gasteiger partial charge on any atom is -0.492 e. The molecule has 0 saturated carbocycles. The summed E-state index contributed by atoms with van der Waals surface area (Å²) in [5, 5.41) is 0. The fraction of sp³-hybridized carbons (Fsp3) is 0.385. The van der Waals surface area contributed by atoms with Crippen LogP contribution in [0.25, 0.3) is 0 Å². The van der Waals surface area contributed by atoms with Crippen LogP contribution in [0.3, 0.4) is 0 Å². The van der Waals surface area contributed by atoms with Gasteiger partial charge in [-0.15, -0.1) is 6.58 Å². The molecular weight excluding hydrogens is 284 g/mol. The van der Waals surface area contributed by atoms with Gasteiger partial charge in [-0.25, -0.2) is 0 Å². The highest BCUT2D eigenvalue weighted by atomic mass is 79.9. The SMILES string of the molecule is C=CCCc1cc(Br)c(OC)c(OC)c1OC. The summed E-state index contributed by atoms with van der Waals surface area (Å²) in [5.74, 6) is 1.98. The van der Waals surface area contributed by atoms with Crippen LogP contribution >= 0.6 is 15.9 Å². The Hall–Kier alpha value is -1.16. The summed E-state index contributed by atoms with van der Waals surface area (Å²) in [4.78, 5) is 0. The number of ether oxygens (including phenoxy) is 3. The lowest BCUT2D eigenvalue weighted by molar-refractivity contribution is 0.321. The van der Waals surface area contributed by atoms with Gasteiger partial charge >= 0.3 is 0 Å². The molecule has 0 aliphatic rings. The van der Waals surface area contributed by atoms with E-state index in [1.165, 1.54) is 0 Å². The average molecular weight is 301 g/mol. The van der Waals surface area contributed by atoms with E-state index in [0.29, 0.717) is 11.5 Å². The van der Waals surface area contributed by atoms with Crippen molar-refractivity contribution in [3.05, 3.63) is 28.8 Å². The summed E-state index contributed by atoms with van der Waals surface area (Å²) >= 11 is 3.47. The van der Waals surface area contributed by atoms with Crippen LogP contribution < -0.4 is 14.2 Å². The molecule has 0 unspecified atom stereocenters. The summed E-state index contributed by atoms with van der Waals surface area (Å²) in [7, 11) is 4.83. The van der Waals surface area contributed by atoms with Gasteiger partial charge in [0, 0.05) is 0 Å². The van der Waals surface area contributed by atoms with Gasteiger partial charge in [0.05, 0.1) is 25.8 Å². The van der Waals surface area contributed by atoms with Crippen molar-refractivity contribution in [3.8, 4) is 17.2 Å². The molecule has 1 aromatic rings. The van der Waals surface area contributed by atoms with E-state index in [1.807, 2.05) is 12.1 Å². The first-order chi connectivity index (χ1) is 8.19. The first-order valence-corrected chi connectivity index (χ1v) is 6.07. The molecular formula is C13H17BrO3. The van der Waals surface area contributed by atoms with E-state index in [-0.39, 0.29) is 0 Å². The van der Waals surface area contributed by atoms with Crippen LogP contribution in [-0.2, 0) is 6.42 Å². The third-order valence-corrected chi connectivity index (χ3v) is 3.04. The Labute approximate surface area is 111 Å². The van der Waals surface area contributed by atoms with E-state index in [0.717, 1.165) is 28.6 Å². The maximum atomic E-state index is 5.40. The van der Waals surface area contributed by atoms with E-state index >= 15 is 0 Å². The lowest BCUT2D eigenvalue weighted by atomic mass is 10.1. The standard InChI is InChI=1S/C13H17BrO3/c1-5-6-7-9-8-10(14)12(16-3)13(17-4)11(9)15-2/h5,8H,1,6-7H2,2-4H3. The van der Waals surface area contributed by atoms with E-state index in [2.05, 4.69) is 22.5 Å². The van der Waals surface area contributed by atoms with E-state index in [1.54, 1.807) is 21.3 Å². The molecule has 0 N–H and O–H groups in total. The van der Waals surface area contributed by atoms with Crippen LogP contribution in [0, 0.1) is 0 Å². The minimum absolute atomic E-state index is 0.614. The van der Waals surface area contributed by atoms with Crippen molar-refractivity contribution < 1.29 is 14.2 Å². The number of hydrogen-bond donors (Lipinski definition) is 0. The fourth-order valence-electron chi connectivity index (χ4n) is 1.68. The Bertz CT molecular complexity index is 402. The number of hydrogen-bond acceptors (Lipinski definition) is 3. The van der Waals surface area contributed by atoms with E-state index < -0.39 is 0 Å². The third kappa shape index (κ3) is 2.94. The van der Waals surface area contributed by atoms with Crippen molar-refractivity contribution in [1.29, 1.82) is 0 Å². The highest BCUT2D eigenvalue weighted by molar-refractivity contribution is 9.10. The van der Waals surface area contributed by atoms with Crippen LogP contribution in [0.1, 0.15) is 12.0 Å². The molecule has 0 amide bonds. The summed E-state index contributed by atoms with van der Waals surface area (Å²) in [6.45, 7) is 3.72. The Morgan fingerprint density at radius 1 is 1.12 bits per heavy atom. The summed E-state index contributed by atoms with van der Waals surface area (Å²) in [5.41, 5.74) is 1.07. The third-order valence-electron chi connectivity index (χ3n) is 2.45. The molecule has 0 aliphatic heterocycles. The van der Waals surface area contributed by atoms with Gasteiger partial charge in [-0.1, -0.05) is 6.08 Å². The highest BCUT2D eigenvalue weighted by Crippen LogP contribution is 2.45. The van der Waals surface area contributed by atoms with E-state index in [4.69, 9.17) is 14.2 Å². The molecule has 1 aromatic carbocycles. The maximum absolute atomic E-state index is 5.40. The highest BCUT2D eigenvalue weighted by Gasteiger charge is 2.18. The topological polar surface area (TPSA) is 27.7 Å². The molecule has 0 saturated heterocycles. The van der Waals surface area contributed by atoms with Crippen LogP contribution in [0.2, 0.25) is 0 Å². The second-order valence-electron chi connectivity index (χ2n) is 3.44. The number of aryl methyl sites for hydroxylation is 1. The van der Waals surface area contributed by atoms with Crippen molar-refractivity contribution in [2.24, 2.45) is 0 Å². The molecule has 0 aliphatic carbocycles. The molecule has 1 rings (SSSR count). The molecule has 4 heteroatoms. The molecule has 94 valence electrons. The Morgan fingerprint density at radius 3 is 2.18 bits per heavy atom. The number of halogens is 1. The second-order valence-corrected chi connectivity index (χ2v) is 4.30. The maximum Gasteiger partial charge on any atom is 0.204 e. The van der Waals surface area contributed by atoms with Crippen LogP contribution in [0.15, 0.2) is 23.2 Å². The van der Waals surface area contributed by atoms with Crippen LogP contribution in [0.5, 0.6) is 17.2 Å². The molecule has 0 radical (unpaired) electrons. The van der Waals surface area contributed by atoms with Crippen molar-refractivity contribution >= 4 is 15.9 Å². The zero-order valence-electron chi connectivity index (χ0n) is 10.4. The van der Waals surface area contributed by atoms with Crippen LogP contribution in [0.4, 0.5) is 0 Å². The Kier molecular flexibility index (Phi) is 5.35. The zero-order chi connectivity index (χ0) is 12.8. The molecule has 0 bridgehead atoms. The number of methoxy groups -OCH3 is 3. The van der Waals surface area contributed by atoms with Gasteiger partial charge in [0.15, 0.2) is 11.5 Å². The molecule has 0 aromatic heterocycles. The minimum atomic E-state index is 0.614. The molecule has 0 fully saturated rings. The van der Waals surface area contributed by atoms with Crippen molar-refractivity contribution in [2.75, 3.05) is 21.3 Å². The first-order valence-electron chi connectivity index (χ1n) is 5.27. The van der Waals surface area contributed by atoms with Gasteiger partial charge in [-0.2, -0.15) is 0 Å². The first kappa shape index (κ1) is 13.9. The van der Waals surface area contributed by atoms with Gasteiger partial charge in [-0.05, 0) is 40.4 Å². The second kappa shape index (κ2) is 6.55. The van der Waals surface area contributed by atoms with E-state index in [9.17, 15) is 0 Å².